The first-order chi connectivity index (χ1) is 8.70. The zero-order chi connectivity index (χ0) is 13.0. The minimum Gasteiger partial charge on any atom is -0.334 e. The number of hydrogen-bond donors (Lipinski definition) is 1. The number of imidazole rings is 1. The second kappa shape index (κ2) is 6.31. The van der Waals surface area contributed by atoms with Gasteiger partial charge in [-0.25, -0.2) is 4.98 Å². The van der Waals surface area contributed by atoms with E-state index >= 15 is 0 Å². The molecule has 1 aliphatic rings. The van der Waals surface area contributed by atoms with Crippen LogP contribution in [-0.4, -0.2) is 65.7 Å². The van der Waals surface area contributed by atoms with Crippen molar-refractivity contribution in [3.8, 4) is 0 Å². The summed E-state index contributed by atoms with van der Waals surface area (Å²) in [6.45, 7) is 8.57. The van der Waals surface area contributed by atoms with Crippen LogP contribution < -0.4 is 5.32 Å². The van der Waals surface area contributed by atoms with E-state index < -0.39 is 0 Å². The van der Waals surface area contributed by atoms with Crippen molar-refractivity contribution in [2.75, 3.05) is 40.3 Å². The average molecular weight is 251 g/mol. The molecule has 5 heteroatoms. The van der Waals surface area contributed by atoms with Crippen molar-refractivity contribution in [3.05, 3.63) is 18.2 Å². The summed E-state index contributed by atoms with van der Waals surface area (Å²) in [5.74, 6) is 0. The quantitative estimate of drug-likeness (QED) is 0.813. The smallest absolute Gasteiger partial charge is 0.0948 e. The Labute approximate surface area is 110 Å². The molecule has 1 N–H and O–H groups in total. The number of nitrogens with zero attached hydrogens (tertiary/aromatic N) is 4. The second-order valence-electron chi connectivity index (χ2n) is 5.20. The molecule has 1 unspecified atom stereocenters. The van der Waals surface area contributed by atoms with Gasteiger partial charge in [-0.1, -0.05) is 0 Å². The maximum atomic E-state index is 4.19. The van der Waals surface area contributed by atoms with Crippen LogP contribution in [-0.2, 0) is 13.1 Å². The Morgan fingerprint density at radius 3 is 3.00 bits per heavy atom. The number of nitrogens with one attached hydrogen (secondary N) is 1. The van der Waals surface area contributed by atoms with Gasteiger partial charge in [0, 0.05) is 51.5 Å². The molecule has 18 heavy (non-hydrogen) atoms. The van der Waals surface area contributed by atoms with Crippen LogP contribution in [0.4, 0.5) is 0 Å². The van der Waals surface area contributed by atoms with Crippen LogP contribution in [0.15, 0.2) is 12.5 Å². The zero-order valence-electron chi connectivity index (χ0n) is 11.8. The summed E-state index contributed by atoms with van der Waals surface area (Å²) in [6, 6.07) is 0.613. The van der Waals surface area contributed by atoms with Gasteiger partial charge in [-0.15, -0.1) is 0 Å². The Morgan fingerprint density at radius 1 is 1.39 bits per heavy atom. The monoisotopic (exact) mass is 251 g/mol. The molecule has 0 aromatic carbocycles. The fraction of sp³-hybridized carbons (Fsp3) is 0.769. The van der Waals surface area contributed by atoms with E-state index in [0.717, 1.165) is 32.7 Å². The van der Waals surface area contributed by atoms with Crippen molar-refractivity contribution >= 4 is 0 Å². The molecule has 2 heterocycles. The highest BCUT2D eigenvalue weighted by Crippen LogP contribution is 2.05. The second-order valence-corrected chi connectivity index (χ2v) is 5.20. The summed E-state index contributed by atoms with van der Waals surface area (Å²) in [4.78, 5) is 9.04. The zero-order valence-corrected chi connectivity index (χ0v) is 11.8. The Kier molecular flexibility index (Phi) is 4.74. The van der Waals surface area contributed by atoms with Crippen LogP contribution in [0, 0.1) is 0 Å². The van der Waals surface area contributed by atoms with E-state index in [-0.39, 0.29) is 0 Å². The third-order valence-electron chi connectivity index (χ3n) is 3.81. The number of hydrogen-bond acceptors (Lipinski definition) is 4. The van der Waals surface area contributed by atoms with Crippen molar-refractivity contribution in [2.45, 2.75) is 26.1 Å². The van der Waals surface area contributed by atoms with E-state index in [1.54, 1.807) is 0 Å². The van der Waals surface area contributed by atoms with Gasteiger partial charge in [-0.05, 0) is 21.0 Å². The van der Waals surface area contributed by atoms with E-state index in [2.05, 4.69) is 45.7 Å². The van der Waals surface area contributed by atoms with Gasteiger partial charge >= 0.3 is 0 Å². The lowest BCUT2D eigenvalue weighted by Gasteiger charge is -2.37. The predicted octanol–water partition coefficient (Wildman–Crippen LogP) is 0.238. The Morgan fingerprint density at radius 2 is 2.22 bits per heavy atom. The standard InChI is InChI=1S/C13H25N5/c1-4-18-11-15-8-12(18)7-14-9-13-10-16(2)5-6-17(13)3/h8,11,13-14H,4-7,9-10H2,1-3H3. The summed E-state index contributed by atoms with van der Waals surface area (Å²) >= 11 is 0. The molecule has 0 aliphatic carbocycles. The molecule has 1 atom stereocenters. The fourth-order valence-electron chi connectivity index (χ4n) is 2.47. The lowest BCUT2D eigenvalue weighted by atomic mass is 10.2. The minimum atomic E-state index is 0.613. The first-order valence-corrected chi connectivity index (χ1v) is 6.79. The molecule has 0 spiro atoms. The fourth-order valence-corrected chi connectivity index (χ4v) is 2.47. The Hall–Kier alpha value is -0.910. The molecule has 1 aliphatic heterocycles. The highest BCUT2D eigenvalue weighted by Gasteiger charge is 2.21. The first-order valence-electron chi connectivity index (χ1n) is 6.79. The van der Waals surface area contributed by atoms with Gasteiger partial charge in [0.25, 0.3) is 0 Å². The summed E-state index contributed by atoms with van der Waals surface area (Å²) in [5.41, 5.74) is 1.27. The van der Waals surface area contributed by atoms with Gasteiger partial charge in [0.2, 0.25) is 0 Å². The molecule has 0 amide bonds. The molecular weight excluding hydrogens is 226 g/mol. The number of aryl methyl sites for hydroxylation is 1. The molecule has 1 fully saturated rings. The lowest BCUT2D eigenvalue weighted by molar-refractivity contribution is 0.113. The highest BCUT2D eigenvalue weighted by atomic mass is 15.3. The molecule has 0 saturated carbocycles. The molecule has 0 radical (unpaired) electrons. The molecular formula is C13H25N5. The largest absolute Gasteiger partial charge is 0.334 e. The summed E-state index contributed by atoms with van der Waals surface area (Å²) in [7, 11) is 4.42. The van der Waals surface area contributed by atoms with Crippen molar-refractivity contribution in [1.29, 1.82) is 0 Å². The van der Waals surface area contributed by atoms with Crippen molar-refractivity contribution in [1.82, 2.24) is 24.7 Å². The number of rotatable bonds is 5. The third kappa shape index (κ3) is 3.31. The van der Waals surface area contributed by atoms with E-state index in [4.69, 9.17) is 0 Å². The molecule has 1 aromatic rings. The highest BCUT2D eigenvalue weighted by molar-refractivity contribution is 4.98. The summed E-state index contributed by atoms with van der Waals surface area (Å²) < 4.78 is 2.18. The van der Waals surface area contributed by atoms with Gasteiger partial charge in [0.15, 0.2) is 0 Å². The molecule has 2 rings (SSSR count). The van der Waals surface area contributed by atoms with E-state index in [1.165, 1.54) is 12.2 Å². The van der Waals surface area contributed by atoms with E-state index in [1.807, 2.05) is 12.5 Å². The minimum absolute atomic E-state index is 0.613. The van der Waals surface area contributed by atoms with Crippen LogP contribution in [0.1, 0.15) is 12.6 Å². The van der Waals surface area contributed by atoms with Crippen LogP contribution >= 0.6 is 0 Å². The van der Waals surface area contributed by atoms with Crippen molar-refractivity contribution < 1.29 is 0 Å². The first kappa shape index (κ1) is 13.5. The van der Waals surface area contributed by atoms with E-state index in [0.29, 0.717) is 6.04 Å². The summed E-state index contributed by atoms with van der Waals surface area (Å²) in [6.07, 6.45) is 3.85. The Bertz CT molecular complexity index is 362. The number of likely N-dealkylation sites (N-methyl/N-ethyl adjacent to an activating group) is 2. The van der Waals surface area contributed by atoms with Gasteiger partial charge in [0.1, 0.15) is 0 Å². The van der Waals surface area contributed by atoms with Crippen molar-refractivity contribution in [2.24, 2.45) is 0 Å². The van der Waals surface area contributed by atoms with Crippen molar-refractivity contribution in [3.63, 3.8) is 0 Å². The van der Waals surface area contributed by atoms with Crippen LogP contribution in [0.3, 0.4) is 0 Å². The van der Waals surface area contributed by atoms with Gasteiger partial charge in [-0.3, -0.25) is 4.90 Å². The van der Waals surface area contributed by atoms with Gasteiger partial charge in [-0.2, -0.15) is 0 Å². The predicted molar refractivity (Wildman–Crippen MR) is 73.5 cm³/mol. The molecule has 5 nitrogen and oxygen atoms in total. The summed E-state index contributed by atoms with van der Waals surface area (Å²) in [5, 5.41) is 3.55. The van der Waals surface area contributed by atoms with Crippen LogP contribution in [0.5, 0.6) is 0 Å². The maximum Gasteiger partial charge on any atom is 0.0948 e. The topological polar surface area (TPSA) is 36.3 Å². The van der Waals surface area contributed by atoms with Crippen LogP contribution in [0.2, 0.25) is 0 Å². The Balaban J connectivity index is 1.77. The average Bonchev–Trinajstić information content (AvgIpc) is 2.81. The van der Waals surface area contributed by atoms with E-state index in [9.17, 15) is 0 Å². The molecule has 0 bridgehead atoms. The number of aromatic nitrogens is 2. The molecule has 1 aromatic heterocycles. The van der Waals surface area contributed by atoms with Gasteiger partial charge in [0.05, 0.1) is 12.0 Å². The van der Waals surface area contributed by atoms with Gasteiger partial charge < -0.3 is 14.8 Å². The molecule has 102 valence electrons. The third-order valence-corrected chi connectivity index (χ3v) is 3.81. The number of piperazine rings is 1. The maximum absolute atomic E-state index is 4.19. The SMILES string of the molecule is CCn1cncc1CNCC1CN(C)CCN1C. The van der Waals surface area contributed by atoms with Crippen LogP contribution in [0.25, 0.3) is 0 Å². The lowest BCUT2D eigenvalue weighted by Crippen LogP contribution is -2.53. The normalized spacial score (nSPS) is 22.5. The molecule has 1 saturated heterocycles.